The van der Waals surface area contributed by atoms with E-state index in [2.05, 4.69) is 5.32 Å². The maximum atomic E-state index is 13.3. The largest absolute Gasteiger partial charge is 0.415 e. The van der Waals surface area contributed by atoms with Crippen LogP contribution in [0.2, 0.25) is 5.02 Å². The number of piperidine rings is 1. The first kappa shape index (κ1) is 23.5. The van der Waals surface area contributed by atoms with Crippen molar-refractivity contribution in [2.45, 2.75) is 31.7 Å². The molecule has 0 aliphatic carbocycles. The lowest BCUT2D eigenvalue weighted by Gasteiger charge is -2.31. The molecule has 2 saturated heterocycles. The number of likely N-dealkylation sites (N-methyl/N-ethyl adjacent to an activating group) is 1. The lowest BCUT2D eigenvalue weighted by atomic mass is 9.93. The zero-order valence-corrected chi connectivity index (χ0v) is 19.4. The second-order valence-corrected chi connectivity index (χ2v) is 9.04. The molecule has 4 rings (SSSR count). The van der Waals surface area contributed by atoms with Gasteiger partial charge in [0.25, 0.3) is 0 Å². The van der Waals surface area contributed by atoms with Crippen molar-refractivity contribution in [3.63, 3.8) is 0 Å². The van der Waals surface area contributed by atoms with Gasteiger partial charge >= 0.3 is 6.09 Å². The van der Waals surface area contributed by atoms with Gasteiger partial charge in [0.05, 0.1) is 6.04 Å². The first-order chi connectivity index (χ1) is 16.0. The minimum atomic E-state index is -0.510. The Labute approximate surface area is 198 Å². The first-order valence-electron chi connectivity index (χ1n) is 11.4. The number of carbonyl (C=O) groups is 2. The molecule has 0 bridgehead atoms. The molecule has 8 heteroatoms. The van der Waals surface area contributed by atoms with Crippen LogP contribution in [0.15, 0.2) is 48.5 Å². The minimum absolute atomic E-state index is 0.0112. The van der Waals surface area contributed by atoms with E-state index in [4.69, 9.17) is 16.3 Å². The van der Waals surface area contributed by atoms with E-state index in [0.717, 1.165) is 31.5 Å². The third kappa shape index (κ3) is 5.47. The summed E-state index contributed by atoms with van der Waals surface area (Å²) in [6, 6.07) is 12.7. The number of halogens is 2. The van der Waals surface area contributed by atoms with Crippen LogP contribution >= 0.6 is 11.6 Å². The molecule has 2 amide bonds. The molecular weight excluding hydrogens is 445 g/mol. The molecule has 2 fully saturated rings. The predicted molar refractivity (Wildman–Crippen MR) is 125 cm³/mol. The summed E-state index contributed by atoms with van der Waals surface area (Å²) < 4.78 is 18.8. The minimum Gasteiger partial charge on any atom is -0.410 e. The average Bonchev–Trinajstić information content (AvgIpc) is 3.26. The van der Waals surface area contributed by atoms with Gasteiger partial charge in [0.15, 0.2) is 0 Å². The van der Waals surface area contributed by atoms with Crippen LogP contribution < -0.4 is 10.1 Å². The number of ether oxygens (including phenoxy) is 1. The Morgan fingerprint density at radius 2 is 1.76 bits per heavy atom. The van der Waals surface area contributed by atoms with Crippen LogP contribution in [0.5, 0.6) is 5.75 Å². The standard InChI is InChI=1S/C25H29ClFN3O3/c1-2-30(25(32)33-21-9-7-20(27)8-10-21)23-16-29(24(31)18-11-13-28-14-12-18)15-22(23)17-3-5-19(26)6-4-17/h3-10,18,22-23,28H,2,11-16H2,1H3/t22-,23+/m1/s1. The molecule has 33 heavy (non-hydrogen) atoms. The second-order valence-electron chi connectivity index (χ2n) is 8.60. The quantitative estimate of drug-likeness (QED) is 0.703. The summed E-state index contributed by atoms with van der Waals surface area (Å²) in [5.41, 5.74) is 1.03. The second kappa shape index (κ2) is 10.5. The smallest absolute Gasteiger partial charge is 0.410 e. The van der Waals surface area contributed by atoms with Crippen molar-refractivity contribution in [1.29, 1.82) is 0 Å². The number of hydrogen-bond acceptors (Lipinski definition) is 4. The predicted octanol–water partition coefficient (Wildman–Crippen LogP) is 4.29. The number of carbonyl (C=O) groups excluding carboxylic acids is 2. The number of rotatable bonds is 5. The number of amides is 2. The molecule has 2 aliphatic heterocycles. The molecule has 176 valence electrons. The van der Waals surface area contributed by atoms with Crippen molar-refractivity contribution < 1.29 is 18.7 Å². The number of benzene rings is 2. The molecule has 1 N–H and O–H groups in total. The highest BCUT2D eigenvalue weighted by Gasteiger charge is 2.42. The molecular formula is C25H29ClFN3O3. The molecule has 0 saturated carbocycles. The lowest BCUT2D eigenvalue weighted by Crippen LogP contribution is -2.46. The summed E-state index contributed by atoms with van der Waals surface area (Å²) in [6.07, 6.45) is 1.15. The molecule has 0 radical (unpaired) electrons. The lowest BCUT2D eigenvalue weighted by molar-refractivity contribution is -0.135. The van der Waals surface area contributed by atoms with E-state index in [1.165, 1.54) is 24.3 Å². The van der Waals surface area contributed by atoms with Crippen LogP contribution in [0.25, 0.3) is 0 Å². The van der Waals surface area contributed by atoms with Crippen molar-refractivity contribution >= 4 is 23.6 Å². The van der Waals surface area contributed by atoms with Gasteiger partial charge in [-0.2, -0.15) is 0 Å². The van der Waals surface area contributed by atoms with Crippen LogP contribution in [0.4, 0.5) is 9.18 Å². The van der Waals surface area contributed by atoms with Crippen LogP contribution in [0.3, 0.4) is 0 Å². The number of nitrogens with one attached hydrogen (secondary N) is 1. The van der Waals surface area contributed by atoms with Gasteiger partial charge in [0.2, 0.25) is 5.91 Å². The maximum Gasteiger partial charge on any atom is 0.415 e. The summed E-state index contributed by atoms with van der Waals surface area (Å²) in [5, 5.41) is 3.94. The van der Waals surface area contributed by atoms with Crippen LogP contribution in [0.1, 0.15) is 31.2 Å². The third-order valence-electron chi connectivity index (χ3n) is 6.58. The van der Waals surface area contributed by atoms with Crippen LogP contribution in [-0.4, -0.2) is 60.6 Å². The van der Waals surface area contributed by atoms with E-state index in [1.54, 1.807) is 4.90 Å². The van der Waals surface area contributed by atoms with Gasteiger partial charge in [-0.05, 0) is 74.8 Å². The van der Waals surface area contributed by atoms with Gasteiger partial charge in [-0.15, -0.1) is 0 Å². The Balaban J connectivity index is 1.56. The Bertz CT molecular complexity index is 964. The molecule has 2 heterocycles. The van der Waals surface area contributed by atoms with Crippen LogP contribution in [-0.2, 0) is 4.79 Å². The highest BCUT2D eigenvalue weighted by Crippen LogP contribution is 2.34. The monoisotopic (exact) mass is 473 g/mol. The summed E-state index contributed by atoms with van der Waals surface area (Å²) >= 11 is 6.10. The van der Waals surface area contributed by atoms with Gasteiger partial charge in [0, 0.05) is 36.5 Å². The molecule has 0 aromatic heterocycles. The summed E-state index contributed by atoms with van der Waals surface area (Å²) in [5.74, 6) is -0.0111. The summed E-state index contributed by atoms with van der Waals surface area (Å²) in [7, 11) is 0. The molecule has 0 spiro atoms. The highest BCUT2D eigenvalue weighted by molar-refractivity contribution is 6.30. The van der Waals surface area contributed by atoms with Crippen molar-refractivity contribution in [3.8, 4) is 5.75 Å². The van der Waals surface area contributed by atoms with Gasteiger partial charge in [-0.3, -0.25) is 4.79 Å². The van der Waals surface area contributed by atoms with Crippen molar-refractivity contribution in [2.75, 3.05) is 32.7 Å². The Kier molecular flexibility index (Phi) is 7.50. The zero-order valence-electron chi connectivity index (χ0n) is 18.7. The zero-order chi connectivity index (χ0) is 23.4. The normalized spacial score (nSPS) is 21.1. The van der Waals surface area contributed by atoms with Crippen LogP contribution in [0, 0.1) is 11.7 Å². The maximum absolute atomic E-state index is 13.3. The molecule has 2 aromatic carbocycles. The topological polar surface area (TPSA) is 61.9 Å². The summed E-state index contributed by atoms with van der Waals surface area (Å²) in [4.78, 5) is 30.0. The average molecular weight is 474 g/mol. The van der Waals surface area contributed by atoms with Crippen molar-refractivity contribution in [2.24, 2.45) is 5.92 Å². The fourth-order valence-corrected chi connectivity index (χ4v) is 4.93. The van der Waals surface area contributed by atoms with Gasteiger partial charge in [0.1, 0.15) is 11.6 Å². The van der Waals surface area contributed by atoms with Gasteiger partial charge < -0.3 is 19.9 Å². The molecule has 2 atom stereocenters. The van der Waals surface area contributed by atoms with Crippen molar-refractivity contribution in [3.05, 3.63) is 64.9 Å². The molecule has 2 aliphatic rings. The number of likely N-dealkylation sites (tertiary alicyclic amines) is 1. The van der Waals surface area contributed by atoms with E-state index in [-0.39, 0.29) is 29.5 Å². The Hall–Kier alpha value is -2.64. The van der Waals surface area contributed by atoms with E-state index in [1.807, 2.05) is 36.1 Å². The van der Waals surface area contributed by atoms with Gasteiger partial charge in [-0.25, -0.2) is 9.18 Å². The Morgan fingerprint density at radius 1 is 1.09 bits per heavy atom. The fraction of sp³-hybridized carbons (Fsp3) is 0.440. The summed E-state index contributed by atoms with van der Waals surface area (Å²) in [6.45, 7) is 4.99. The Morgan fingerprint density at radius 3 is 2.39 bits per heavy atom. The first-order valence-corrected chi connectivity index (χ1v) is 11.8. The van der Waals surface area contributed by atoms with Crippen molar-refractivity contribution in [1.82, 2.24) is 15.1 Å². The number of nitrogens with zero attached hydrogens (tertiary/aromatic N) is 2. The molecule has 2 aromatic rings. The fourth-order valence-electron chi connectivity index (χ4n) is 4.81. The van der Waals surface area contributed by atoms with E-state index in [0.29, 0.717) is 24.7 Å². The highest BCUT2D eigenvalue weighted by atomic mass is 35.5. The third-order valence-corrected chi connectivity index (χ3v) is 6.83. The van der Waals surface area contributed by atoms with E-state index < -0.39 is 11.9 Å². The van der Waals surface area contributed by atoms with E-state index >= 15 is 0 Å². The van der Waals surface area contributed by atoms with Gasteiger partial charge in [-0.1, -0.05) is 23.7 Å². The number of hydrogen-bond donors (Lipinski definition) is 1. The van der Waals surface area contributed by atoms with E-state index in [9.17, 15) is 14.0 Å². The molecule has 6 nitrogen and oxygen atoms in total. The SMILES string of the molecule is CCN(C(=O)Oc1ccc(F)cc1)[C@H]1CN(C(=O)C2CCNCC2)C[C@@H]1c1ccc(Cl)cc1. The molecule has 0 unspecified atom stereocenters.